The van der Waals surface area contributed by atoms with Crippen LogP contribution in [0.3, 0.4) is 0 Å². The molecule has 1 heterocycles. The van der Waals surface area contributed by atoms with Crippen LogP contribution in [0.15, 0.2) is 89.8 Å². The van der Waals surface area contributed by atoms with Gasteiger partial charge in [-0.2, -0.15) is 0 Å². The van der Waals surface area contributed by atoms with Crippen molar-refractivity contribution in [1.82, 2.24) is 19.5 Å². The Morgan fingerprint density at radius 1 is 0.909 bits per heavy atom. The highest BCUT2D eigenvalue weighted by Crippen LogP contribution is 2.24. The molecule has 1 aliphatic rings. The average Bonchev–Trinajstić information content (AvgIpc) is 3.52. The molecule has 8 nitrogen and oxygen atoms in total. The van der Waals surface area contributed by atoms with Gasteiger partial charge in [0.05, 0.1) is 10.6 Å². The zero-order valence-corrected chi connectivity index (χ0v) is 18.4. The topological polar surface area (TPSA) is 106 Å². The molecule has 9 heteroatoms. The summed E-state index contributed by atoms with van der Waals surface area (Å²) >= 11 is 0. The second-order valence-corrected chi connectivity index (χ2v) is 9.46. The fourth-order valence-corrected chi connectivity index (χ4v) is 4.70. The third-order valence-electron chi connectivity index (χ3n) is 5.14. The number of hydrogen-bond donors (Lipinski definition) is 2. The Balaban J connectivity index is 1.45. The van der Waals surface area contributed by atoms with Gasteiger partial charge >= 0.3 is 0 Å². The molecule has 1 saturated carbocycles. The predicted octanol–water partition coefficient (Wildman–Crippen LogP) is 3.63. The molecule has 3 aromatic carbocycles. The van der Waals surface area contributed by atoms with Crippen molar-refractivity contribution in [2.24, 2.45) is 0 Å². The minimum atomic E-state index is -3.63. The van der Waals surface area contributed by atoms with E-state index in [1.165, 1.54) is 12.1 Å². The van der Waals surface area contributed by atoms with E-state index in [-0.39, 0.29) is 16.8 Å². The molecule has 2 N–H and O–H groups in total. The van der Waals surface area contributed by atoms with Crippen molar-refractivity contribution in [2.45, 2.75) is 23.8 Å². The highest BCUT2D eigenvalue weighted by molar-refractivity contribution is 7.89. The second kappa shape index (κ2) is 8.61. The maximum atomic E-state index is 13.0. The van der Waals surface area contributed by atoms with E-state index in [9.17, 15) is 13.2 Å². The fraction of sp³-hybridized carbons (Fsp3) is 0.125. The van der Waals surface area contributed by atoms with Crippen molar-refractivity contribution < 1.29 is 13.2 Å². The summed E-state index contributed by atoms with van der Waals surface area (Å²) in [5.41, 5.74) is 1.92. The van der Waals surface area contributed by atoms with Crippen LogP contribution in [-0.2, 0) is 10.0 Å². The van der Waals surface area contributed by atoms with E-state index in [1.54, 1.807) is 16.8 Å². The Morgan fingerprint density at radius 3 is 2.30 bits per heavy atom. The summed E-state index contributed by atoms with van der Waals surface area (Å²) in [6.07, 6.45) is 1.68. The van der Waals surface area contributed by atoms with Gasteiger partial charge in [-0.3, -0.25) is 4.79 Å². The lowest BCUT2D eigenvalue weighted by Gasteiger charge is -2.08. The molecule has 1 aliphatic carbocycles. The first-order valence-corrected chi connectivity index (χ1v) is 12.0. The van der Waals surface area contributed by atoms with Crippen LogP contribution in [0.5, 0.6) is 0 Å². The molecule has 0 unspecified atom stereocenters. The molecular weight excluding hydrogens is 438 g/mol. The van der Waals surface area contributed by atoms with E-state index in [4.69, 9.17) is 0 Å². The minimum absolute atomic E-state index is 0.00388. The van der Waals surface area contributed by atoms with Crippen LogP contribution in [0.1, 0.15) is 23.5 Å². The SMILES string of the molecule is O=C(Nc1cccc(S(=O)(=O)NC2CC2)c1)c1nc(-c2ccccc2)n(-c2ccccc2)n1. The molecule has 1 aromatic heterocycles. The lowest BCUT2D eigenvalue weighted by atomic mass is 10.2. The van der Waals surface area contributed by atoms with Crippen LogP contribution in [0.2, 0.25) is 0 Å². The van der Waals surface area contributed by atoms with Crippen molar-refractivity contribution >= 4 is 21.6 Å². The summed E-state index contributed by atoms with van der Waals surface area (Å²) in [6, 6.07) is 25.0. The predicted molar refractivity (Wildman–Crippen MR) is 125 cm³/mol. The van der Waals surface area contributed by atoms with Crippen LogP contribution in [0.4, 0.5) is 5.69 Å². The number of carbonyl (C=O) groups is 1. The number of nitrogens with zero attached hydrogens (tertiary/aromatic N) is 3. The van der Waals surface area contributed by atoms with Crippen LogP contribution in [0.25, 0.3) is 17.1 Å². The number of amides is 1. The van der Waals surface area contributed by atoms with Gasteiger partial charge in [0.2, 0.25) is 15.8 Å². The van der Waals surface area contributed by atoms with E-state index >= 15 is 0 Å². The van der Waals surface area contributed by atoms with Crippen LogP contribution < -0.4 is 10.0 Å². The first-order chi connectivity index (χ1) is 16.0. The van der Waals surface area contributed by atoms with Gasteiger partial charge in [0, 0.05) is 17.3 Å². The maximum absolute atomic E-state index is 13.0. The number of sulfonamides is 1. The number of benzene rings is 3. The lowest BCUT2D eigenvalue weighted by molar-refractivity contribution is 0.101. The Labute approximate surface area is 191 Å². The van der Waals surface area contributed by atoms with Gasteiger partial charge in [-0.15, -0.1) is 5.10 Å². The van der Waals surface area contributed by atoms with Gasteiger partial charge in [-0.05, 0) is 43.2 Å². The molecule has 33 heavy (non-hydrogen) atoms. The molecule has 166 valence electrons. The highest BCUT2D eigenvalue weighted by Gasteiger charge is 2.28. The molecule has 0 bridgehead atoms. The third kappa shape index (κ3) is 4.69. The molecule has 0 atom stereocenters. The summed E-state index contributed by atoms with van der Waals surface area (Å²) in [5, 5.41) is 7.15. The Bertz CT molecular complexity index is 1340. The smallest absolute Gasteiger partial charge is 0.295 e. The molecule has 0 aliphatic heterocycles. The van der Waals surface area contributed by atoms with E-state index < -0.39 is 15.9 Å². The zero-order valence-electron chi connectivity index (χ0n) is 17.5. The van der Waals surface area contributed by atoms with Gasteiger partial charge < -0.3 is 5.32 Å². The van der Waals surface area contributed by atoms with E-state index in [0.29, 0.717) is 11.5 Å². The number of hydrogen-bond acceptors (Lipinski definition) is 5. The first-order valence-electron chi connectivity index (χ1n) is 10.5. The number of anilines is 1. The van der Waals surface area contributed by atoms with Crippen molar-refractivity contribution in [3.05, 3.63) is 90.8 Å². The normalized spacial score (nSPS) is 13.6. The average molecular weight is 460 g/mol. The fourth-order valence-electron chi connectivity index (χ4n) is 3.35. The molecule has 4 aromatic rings. The molecule has 1 fully saturated rings. The van der Waals surface area contributed by atoms with Crippen LogP contribution in [0, 0.1) is 0 Å². The molecule has 5 rings (SSSR count). The maximum Gasteiger partial charge on any atom is 0.295 e. The van der Waals surface area contributed by atoms with Crippen molar-refractivity contribution in [3.63, 3.8) is 0 Å². The number of rotatable bonds is 7. The second-order valence-electron chi connectivity index (χ2n) is 7.75. The van der Waals surface area contributed by atoms with Crippen molar-refractivity contribution in [3.8, 4) is 17.1 Å². The van der Waals surface area contributed by atoms with Crippen LogP contribution >= 0.6 is 0 Å². The largest absolute Gasteiger partial charge is 0.319 e. The molecular formula is C24H21N5O3S. The third-order valence-corrected chi connectivity index (χ3v) is 6.66. The monoisotopic (exact) mass is 459 g/mol. The van der Waals surface area contributed by atoms with Gasteiger partial charge in [0.1, 0.15) is 0 Å². The van der Waals surface area contributed by atoms with Gasteiger partial charge in [0.15, 0.2) is 5.82 Å². The summed E-state index contributed by atoms with van der Waals surface area (Å²) in [4.78, 5) is 17.6. The molecule has 0 spiro atoms. The Kier molecular flexibility index (Phi) is 5.49. The summed E-state index contributed by atoms with van der Waals surface area (Å²) in [6.45, 7) is 0. The van der Waals surface area contributed by atoms with E-state index in [1.807, 2.05) is 60.7 Å². The number of nitrogens with one attached hydrogen (secondary N) is 2. The standard InChI is InChI=1S/C24H21N5O3S/c30-24(25-19-10-7-13-21(16-19)33(31,32)28-18-14-15-18)22-26-23(17-8-3-1-4-9-17)29(27-22)20-11-5-2-6-12-20/h1-13,16,18,28H,14-15H2,(H,25,30). The molecule has 0 saturated heterocycles. The Morgan fingerprint density at radius 2 is 1.61 bits per heavy atom. The van der Waals surface area contributed by atoms with Gasteiger partial charge in [0.25, 0.3) is 5.91 Å². The van der Waals surface area contributed by atoms with Crippen molar-refractivity contribution in [2.75, 3.05) is 5.32 Å². The van der Waals surface area contributed by atoms with E-state index in [0.717, 1.165) is 24.1 Å². The Hall–Kier alpha value is -3.82. The first kappa shape index (κ1) is 21.0. The number of carbonyl (C=O) groups excluding carboxylic acids is 1. The minimum Gasteiger partial charge on any atom is -0.319 e. The molecule has 0 radical (unpaired) electrons. The van der Waals surface area contributed by atoms with Crippen molar-refractivity contribution in [1.29, 1.82) is 0 Å². The van der Waals surface area contributed by atoms with Gasteiger partial charge in [-0.25, -0.2) is 22.8 Å². The lowest BCUT2D eigenvalue weighted by Crippen LogP contribution is -2.25. The summed E-state index contributed by atoms with van der Waals surface area (Å²) < 4.78 is 29.3. The number of aromatic nitrogens is 3. The van der Waals surface area contributed by atoms with Gasteiger partial charge in [-0.1, -0.05) is 54.6 Å². The van der Waals surface area contributed by atoms with Crippen LogP contribution in [-0.4, -0.2) is 35.1 Å². The summed E-state index contributed by atoms with van der Waals surface area (Å²) in [7, 11) is -3.63. The zero-order chi connectivity index (χ0) is 22.8. The van der Waals surface area contributed by atoms with E-state index in [2.05, 4.69) is 20.1 Å². The quantitative estimate of drug-likeness (QED) is 0.439. The molecule has 1 amide bonds. The summed E-state index contributed by atoms with van der Waals surface area (Å²) in [5.74, 6) is -0.0365. The highest BCUT2D eigenvalue weighted by atomic mass is 32.2. The number of para-hydroxylation sites is 1.